The minimum atomic E-state index is 0.969. The topological polar surface area (TPSA) is 12.9 Å². The van der Waals surface area contributed by atoms with Crippen molar-refractivity contribution in [1.29, 1.82) is 0 Å². The summed E-state index contributed by atoms with van der Waals surface area (Å²) in [6.07, 6.45) is 4.73. The van der Waals surface area contributed by atoms with Crippen LogP contribution in [-0.2, 0) is 6.42 Å². The fraction of sp³-hybridized carbons (Fsp3) is 0.133. The van der Waals surface area contributed by atoms with Gasteiger partial charge in [0.1, 0.15) is 0 Å². The third-order valence-corrected chi connectivity index (χ3v) is 4.85. The summed E-state index contributed by atoms with van der Waals surface area (Å²) in [4.78, 5) is 5.60. The van der Waals surface area contributed by atoms with Crippen molar-refractivity contribution in [2.45, 2.75) is 13.3 Å². The molecule has 0 fully saturated rings. The molecule has 0 aliphatic heterocycles. The fourth-order valence-corrected chi connectivity index (χ4v) is 3.69. The van der Waals surface area contributed by atoms with Crippen molar-refractivity contribution < 1.29 is 0 Å². The van der Waals surface area contributed by atoms with Gasteiger partial charge in [0.25, 0.3) is 0 Å². The Balaban J connectivity index is 2.05. The lowest BCUT2D eigenvalue weighted by Crippen LogP contribution is -1.87. The Labute approximate surface area is 119 Å². The number of benzene rings is 1. The Hall–Kier alpha value is -1.19. The molecule has 0 unspecified atom stereocenters. The van der Waals surface area contributed by atoms with Crippen LogP contribution in [-0.4, -0.2) is 4.98 Å². The largest absolute Gasteiger partial charge is 0.264 e. The van der Waals surface area contributed by atoms with Crippen molar-refractivity contribution in [3.05, 3.63) is 63.2 Å². The lowest BCUT2D eigenvalue weighted by molar-refractivity contribution is 1.16. The smallest absolute Gasteiger partial charge is 0.0349 e. The molecule has 0 amide bonds. The highest BCUT2D eigenvalue weighted by Gasteiger charge is 2.09. The standard InChI is InChI=1S/C15H12BrNS/c1-10-13-8-12(16)4-5-14(13)18-15(10)7-11-3-2-6-17-9-11/h2-6,8-9H,7H2,1H3. The van der Waals surface area contributed by atoms with E-state index in [0.717, 1.165) is 10.9 Å². The summed E-state index contributed by atoms with van der Waals surface area (Å²) in [5.74, 6) is 0. The Morgan fingerprint density at radius 2 is 2.17 bits per heavy atom. The molecule has 0 saturated heterocycles. The second-order valence-corrected chi connectivity index (χ2v) is 6.38. The first-order chi connectivity index (χ1) is 8.74. The highest BCUT2D eigenvalue weighted by molar-refractivity contribution is 9.10. The molecule has 0 atom stereocenters. The quantitative estimate of drug-likeness (QED) is 0.651. The van der Waals surface area contributed by atoms with E-state index in [9.17, 15) is 0 Å². The summed E-state index contributed by atoms with van der Waals surface area (Å²) in [6, 6.07) is 10.6. The first-order valence-electron chi connectivity index (χ1n) is 5.80. The van der Waals surface area contributed by atoms with Crippen LogP contribution < -0.4 is 0 Å². The monoisotopic (exact) mass is 317 g/mol. The molecule has 2 aromatic heterocycles. The molecule has 3 aromatic rings. The van der Waals surface area contributed by atoms with Crippen LogP contribution in [0.1, 0.15) is 16.0 Å². The van der Waals surface area contributed by atoms with Gasteiger partial charge in [0.05, 0.1) is 0 Å². The predicted octanol–water partition coefficient (Wildman–Crippen LogP) is 4.96. The minimum Gasteiger partial charge on any atom is -0.264 e. The Bertz CT molecular complexity index is 688. The zero-order chi connectivity index (χ0) is 12.5. The van der Waals surface area contributed by atoms with Crippen LogP contribution in [0, 0.1) is 6.92 Å². The number of halogens is 1. The van der Waals surface area contributed by atoms with Crippen molar-refractivity contribution in [1.82, 2.24) is 4.98 Å². The number of thiophene rings is 1. The van der Waals surface area contributed by atoms with Crippen LogP contribution in [0.15, 0.2) is 47.2 Å². The lowest BCUT2D eigenvalue weighted by Gasteiger charge is -1.99. The molecule has 0 aliphatic carbocycles. The SMILES string of the molecule is Cc1c(Cc2cccnc2)sc2ccc(Br)cc12. The van der Waals surface area contributed by atoms with Crippen LogP contribution in [0.25, 0.3) is 10.1 Å². The summed E-state index contributed by atoms with van der Waals surface area (Å²) < 4.78 is 2.50. The molecule has 0 saturated carbocycles. The maximum absolute atomic E-state index is 4.18. The van der Waals surface area contributed by atoms with Crippen LogP contribution in [0.4, 0.5) is 0 Å². The minimum absolute atomic E-state index is 0.969. The van der Waals surface area contributed by atoms with Gasteiger partial charge in [0, 0.05) is 32.9 Å². The van der Waals surface area contributed by atoms with Crippen molar-refractivity contribution in [2.24, 2.45) is 0 Å². The number of hydrogen-bond donors (Lipinski definition) is 0. The summed E-state index contributed by atoms with van der Waals surface area (Å²) in [5, 5.41) is 1.35. The zero-order valence-corrected chi connectivity index (χ0v) is 12.4. The van der Waals surface area contributed by atoms with Gasteiger partial charge in [-0.3, -0.25) is 4.98 Å². The average molecular weight is 318 g/mol. The van der Waals surface area contributed by atoms with E-state index >= 15 is 0 Å². The molecular formula is C15H12BrNS. The van der Waals surface area contributed by atoms with Crippen molar-refractivity contribution in [2.75, 3.05) is 0 Å². The molecule has 0 N–H and O–H groups in total. The maximum Gasteiger partial charge on any atom is 0.0349 e. The molecule has 3 rings (SSSR count). The third kappa shape index (κ3) is 2.20. The Morgan fingerprint density at radius 1 is 1.28 bits per heavy atom. The number of aromatic nitrogens is 1. The number of fused-ring (bicyclic) bond motifs is 1. The molecule has 18 heavy (non-hydrogen) atoms. The number of aryl methyl sites for hydroxylation is 1. The molecule has 2 heterocycles. The van der Waals surface area contributed by atoms with Crippen molar-refractivity contribution in [3.8, 4) is 0 Å². The van der Waals surface area contributed by atoms with Crippen LogP contribution in [0.3, 0.4) is 0 Å². The number of hydrogen-bond acceptors (Lipinski definition) is 2. The van der Waals surface area contributed by atoms with Crippen LogP contribution >= 0.6 is 27.3 Å². The van der Waals surface area contributed by atoms with E-state index in [1.54, 1.807) is 0 Å². The van der Waals surface area contributed by atoms with Gasteiger partial charge in [-0.25, -0.2) is 0 Å². The molecule has 1 aromatic carbocycles. The molecular weight excluding hydrogens is 306 g/mol. The predicted molar refractivity (Wildman–Crippen MR) is 81.3 cm³/mol. The van der Waals surface area contributed by atoms with Gasteiger partial charge in [0.2, 0.25) is 0 Å². The van der Waals surface area contributed by atoms with E-state index in [2.05, 4.69) is 52.1 Å². The Kier molecular flexibility index (Phi) is 3.18. The molecule has 0 radical (unpaired) electrons. The van der Waals surface area contributed by atoms with Gasteiger partial charge < -0.3 is 0 Å². The third-order valence-electron chi connectivity index (χ3n) is 3.08. The van der Waals surface area contributed by atoms with Gasteiger partial charge in [-0.05, 0) is 47.7 Å². The van der Waals surface area contributed by atoms with E-state index in [-0.39, 0.29) is 0 Å². The van der Waals surface area contributed by atoms with E-state index < -0.39 is 0 Å². The number of rotatable bonds is 2. The Morgan fingerprint density at radius 3 is 2.94 bits per heavy atom. The molecule has 0 aliphatic rings. The average Bonchev–Trinajstić information content (AvgIpc) is 2.68. The highest BCUT2D eigenvalue weighted by Crippen LogP contribution is 2.33. The van der Waals surface area contributed by atoms with E-state index in [4.69, 9.17) is 0 Å². The first-order valence-corrected chi connectivity index (χ1v) is 7.41. The van der Waals surface area contributed by atoms with Crippen LogP contribution in [0.2, 0.25) is 0 Å². The van der Waals surface area contributed by atoms with Gasteiger partial charge in [0.15, 0.2) is 0 Å². The van der Waals surface area contributed by atoms with Gasteiger partial charge in [-0.1, -0.05) is 22.0 Å². The summed E-state index contributed by atoms with van der Waals surface area (Å²) >= 11 is 5.42. The van der Waals surface area contributed by atoms with E-state index in [1.807, 2.05) is 29.8 Å². The highest BCUT2D eigenvalue weighted by atomic mass is 79.9. The van der Waals surface area contributed by atoms with Crippen LogP contribution in [0.5, 0.6) is 0 Å². The summed E-state index contributed by atoms with van der Waals surface area (Å²) in [5.41, 5.74) is 2.66. The summed E-state index contributed by atoms with van der Waals surface area (Å²) in [6.45, 7) is 2.21. The number of nitrogens with zero attached hydrogens (tertiary/aromatic N) is 1. The number of pyridine rings is 1. The zero-order valence-electron chi connectivity index (χ0n) is 9.98. The van der Waals surface area contributed by atoms with Gasteiger partial charge in [-0.2, -0.15) is 0 Å². The second kappa shape index (κ2) is 4.82. The normalized spacial score (nSPS) is 11.0. The second-order valence-electron chi connectivity index (χ2n) is 4.33. The van der Waals surface area contributed by atoms with Gasteiger partial charge in [-0.15, -0.1) is 11.3 Å². The van der Waals surface area contributed by atoms with Crippen molar-refractivity contribution in [3.63, 3.8) is 0 Å². The van der Waals surface area contributed by atoms with Gasteiger partial charge >= 0.3 is 0 Å². The molecule has 90 valence electrons. The van der Waals surface area contributed by atoms with Crippen molar-refractivity contribution >= 4 is 37.4 Å². The molecule has 3 heteroatoms. The molecule has 1 nitrogen and oxygen atoms in total. The maximum atomic E-state index is 4.18. The van der Waals surface area contributed by atoms with E-state index in [1.165, 1.54) is 26.1 Å². The lowest BCUT2D eigenvalue weighted by atomic mass is 10.1. The molecule has 0 spiro atoms. The summed E-state index contributed by atoms with van der Waals surface area (Å²) in [7, 11) is 0. The first kappa shape index (κ1) is 11.9. The van der Waals surface area contributed by atoms with E-state index in [0.29, 0.717) is 0 Å². The fourth-order valence-electron chi connectivity index (χ4n) is 2.10. The molecule has 0 bridgehead atoms.